The number of carboxylic acid groups (broad SMARTS) is 2. The van der Waals surface area contributed by atoms with E-state index in [9.17, 15) is 9.59 Å². The van der Waals surface area contributed by atoms with Crippen molar-refractivity contribution in [1.82, 2.24) is 5.32 Å². The van der Waals surface area contributed by atoms with Gasteiger partial charge in [-0.1, -0.05) is 12.8 Å². The summed E-state index contributed by atoms with van der Waals surface area (Å²) >= 11 is 0. The lowest BCUT2D eigenvalue weighted by Crippen LogP contribution is -2.60. The molecular formula is C22H32N2O4. The fraction of sp³-hybridized carbons (Fsp3) is 0.773. The van der Waals surface area contributed by atoms with Gasteiger partial charge in [0.1, 0.15) is 0 Å². The molecule has 5 saturated carbocycles. The average molecular weight is 389 g/mol. The molecule has 0 aromatic rings. The topological polar surface area (TPSA) is 99.0 Å². The van der Waals surface area contributed by atoms with Crippen LogP contribution in [-0.2, 0) is 9.59 Å². The molecule has 1 heterocycles. The standard InChI is InChI=1S/C18H28N2.C4H4O4/c1-2-4-15(3-1)17-6-13-5-14(7-17)9-18(8-13,11-17)16-10-19-12-20-16;5-3(6)1-2-4(7)8/h12-16H,1-11H2,(H,19,20);1-2H,(H,5,6)(H,7,8)/b;2-1+. The number of carbonyl (C=O) groups is 2. The summed E-state index contributed by atoms with van der Waals surface area (Å²) in [5.74, 6) is 0.674. The first-order valence-corrected chi connectivity index (χ1v) is 10.8. The number of hydrogen-bond acceptors (Lipinski definition) is 4. The zero-order valence-electron chi connectivity index (χ0n) is 16.5. The summed E-state index contributed by atoms with van der Waals surface area (Å²) in [6.45, 7) is 1.06. The zero-order chi connectivity index (χ0) is 19.8. The molecule has 0 radical (unpaired) electrons. The molecule has 6 aliphatic rings. The summed E-state index contributed by atoms with van der Waals surface area (Å²) in [5, 5.41) is 19.3. The number of aliphatic carboxylic acids is 2. The minimum atomic E-state index is -1.26. The molecule has 1 aliphatic heterocycles. The lowest BCUT2D eigenvalue weighted by atomic mass is 9.40. The van der Waals surface area contributed by atoms with Gasteiger partial charge < -0.3 is 15.5 Å². The van der Waals surface area contributed by atoms with Crippen LogP contribution in [0, 0.1) is 28.6 Å². The van der Waals surface area contributed by atoms with E-state index in [4.69, 9.17) is 10.2 Å². The molecule has 0 spiro atoms. The maximum absolute atomic E-state index is 9.55. The van der Waals surface area contributed by atoms with Gasteiger partial charge in [-0.15, -0.1) is 0 Å². The van der Waals surface area contributed by atoms with E-state index in [-0.39, 0.29) is 0 Å². The second-order valence-corrected chi connectivity index (χ2v) is 9.89. The van der Waals surface area contributed by atoms with Crippen molar-refractivity contribution in [1.29, 1.82) is 0 Å². The first kappa shape index (κ1) is 19.5. The van der Waals surface area contributed by atoms with E-state index in [1.54, 1.807) is 38.5 Å². The van der Waals surface area contributed by atoms with Crippen molar-refractivity contribution < 1.29 is 19.8 Å². The summed E-state index contributed by atoms with van der Waals surface area (Å²) in [6.07, 6.45) is 18.5. The van der Waals surface area contributed by atoms with Crippen LogP contribution in [-0.4, -0.2) is 41.1 Å². The fourth-order valence-corrected chi connectivity index (χ4v) is 7.70. The van der Waals surface area contributed by atoms with Crippen molar-refractivity contribution in [2.45, 2.75) is 70.3 Å². The Morgan fingerprint density at radius 2 is 1.54 bits per heavy atom. The summed E-state index contributed by atoms with van der Waals surface area (Å²) in [6, 6.07) is 0.675. The molecule has 5 aliphatic carbocycles. The normalized spacial score (nSPS) is 41.1. The number of nitrogens with one attached hydrogen (secondary N) is 1. The van der Waals surface area contributed by atoms with Crippen molar-refractivity contribution in [3.05, 3.63) is 12.2 Å². The number of rotatable bonds is 4. The minimum absolute atomic E-state index is 0.558. The van der Waals surface area contributed by atoms with Gasteiger partial charge in [0.25, 0.3) is 0 Å². The predicted molar refractivity (Wildman–Crippen MR) is 106 cm³/mol. The fourth-order valence-electron chi connectivity index (χ4n) is 7.70. The highest BCUT2D eigenvalue weighted by atomic mass is 16.4. The average Bonchev–Trinajstić information content (AvgIpc) is 3.33. The molecule has 154 valence electrons. The van der Waals surface area contributed by atoms with E-state index in [1.807, 2.05) is 6.34 Å². The van der Waals surface area contributed by atoms with Crippen LogP contribution in [0.1, 0.15) is 64.2 Å². The van der Waals surface area contributed by atoms with Crippen LogP contribution in [0.2, 0.25) is 0 Å². The van der Waals surface area contributed by atoms with Gasteiger partial charge in [0, 0.05) is 12.2 Å². The Labute approximate surface area is 166 Å². The Balaban J connectivity index is 0.000000208. The van der Waals surface area contributed by atoms with Crippen LogP contribution in [0.25, 0.3) is 0 Å². The Kier molecular flexibility index (Phi) is 5.23. The Morgan fingerprint density at radius 3 is 2.04 bits per heavy atom. The Morgan fingerprint density at radius 1 is 0.964 bits per heavy atom. The molecule has 0 aromatic carbocycles. The van der Waals surface area contributed by atoms with Gasteiger partial charge in [-0.05, 0) is 80.0 Å². The molecule has 3 N–H and O–H groups in total. The number of hydrogen-bond donors (Lipinski definition) is 3. The molecule has 0 saturated heterocycles. The van der Waals surface area contributed by atoms with Gasteiger partial charge in [-0.25, -0.2) is 9.59 Å². The second kappa shape index (κ2) is 7.53. The summed E-state index contributed by atoms with van der Waals surface area (Å²) in [4.78, 5) is 23.6. The molecule has 4 bridgehead atoms. The predicted octanol–water partition coefficient (Wildman–Crippen LogP) is 3.48. The van der Waals surface area contributed by atoms with Crippen LogP contribution in [0.3, 0.4) is 0 Å². The minimum Gasteiger partial charge on any atom is -0.478 e. The molecule has 3 unspecified atom stereocenters. The molecule has 5 fully saturated rings. The highest BCUT2D eigenvalue weighted by molar-refractivity contribution is 5.89. The van der Waals surface area contributed by atoms with Crippen LogP contribution in [0.15, 0.2) is 17.1 Å². The maximum atomic E-state index is 9.55. The van der Waals surface area contributed by atoms with Crippen LogP contribution < -0.4 is 5.32 Å². The molecule has 3 atom stereocenters. The van der Waals surface area contributed by atoms with Gasteiger partial charge in [-0.2, -0.15) is 0 Å². The smallest absolute Gasteiger partial charge is 0.328 e. The molecule has 28 heavy (non-hydrogen) atoms. The maximum Gasteiger partial charge on any atom is 0.328 e. The second-order valence-electron chi connectivity index (χ2n) is 9.89. The quantitative estimate of drug-likeness (QED) is 0.641. The molecule has 6 rings (SSSR count). The summed E-state index contributed by atoms with van der Waals surface area (Å²) in [7, 11) is 0. The van der Waals surface area contributed by atoms with Crippen molar-refractivity contribution in [3.63, 3.8) is 0 Å². The molecule has 6 heteroatoms. The monoisotopic (exact) mass is 388 g/mol. The summed E-state index contributed by atoms with van der Waals surface area (Å²) < 4.78 is 0. The van der Waals surface area contributed by atoms with E-state index in [0.29, 0.717) is 23.6 Å². The number of aliphatic imine (C=N–C) groups is 1. The third-order valence-corrected chi connectivity index (χ3v) is 8.14. The van der Waals surface area contributed by atoms with Gasteiger partial charge in [0.15, 0.2) is 0 Å². The van der Waals surface area contributed by atoms with Crippen molar-refractivity contribution in [3.8, 4) is 0 Å². The van der Waals surface area contributed by atoms with Gasteiger partial charge in [-0.3, -0.25) is 4.99 Å². The zero-order valence-corrected chi connectivity index (χ0v) is 16.5. The highest BCUT2D eigenvalue weighted by Crippen LogP contribution is 2.69. The molecular weight excluding hydrogens is 356 g/mol. The van der Waals surface area contributed by atoms with Crippen molar-refractivity contribution in [2.75, 3.05) is 6.54 Å². The third kappa shape index (κ3) is 3.70. The number of carboxylic acids is 2. The van der Waals surface area contributed by atoms with Crippen molar-refractivity contribution in [2.24, 2.45) is 33.6 Å². The molecule has 0 amide bonds. The largest absolute Gasteiger partial charge is 0.478 e. The van der Waals surface area contributed by atoms with Gasteiger partial charge in [0.05, 0.1) is 18.9 Å². The van der Waals surface area contributed by atoms with Crippen LogP contribution in [0.4, 0.5) is 0 Å². The number of nitrogens with zero attached hydrogens (tertiary/aromatic N) is 1. The first-order chi connectivity index (χ1) is 13.4. The highest BCUT2D eigenvalue weighted by Gasteiger charge is 2.62. The Hall–Kier alpha value is -1.85. The van der Waals surface area contributed by atoms with Crippen LogP contribution >= 0.6 is 0 Å². The summed E-state index contributed by atoms with van der Waals surface area (Å²) in [5.41, 5.74) is 1.37. The van der Waals surface area contributed by atoms with E-state index >= 15 is 0 Å². The van der Waals surface area contributed by atoms with E-state index in [2.05, 4.69) is 10.3 Å². The first-order valence-electron chi connectivity index (χ1n) is 10.8. The lowest BCUT2D eigenvalue weighted by molar-refractivity contribution is -0.144. The lowest BCUT2D eigenvalue weighted by Gasteiger charge is -2.65. The van der Waals surface area contributed by atoms with E-state index in [0.717, 1.165) is 29.7 Å². The van der Waals surface area contributed by atoms with Crippen LogP contribution in [0.5, 0.6) is 0 Å². The van der Waals surface area contributed by atoms with E-state index in [1.165, 1.54) is 25.7 Å². The third-order valence-electron chi connectivity index (χ3n) is 8.14. The molecule has 0 aromatic heterocycles. The SMILES string of the molecule is C1=NCC(C23CC4CC(CC(C5CCCC5)(C4)C2)C3)N1.O=C(O)/C=C/C(=O)O. The van der Waals surface area contributed by atoms with Crippen molar-refractivity contribution >= 4 is 18.3 Å². The van der Waals surface area contributed by atoms with Gasteiger partial charge in [0.2, 0.25) is 0 Å². The van der Waals surface area contributed by atoms with Gasteiger partial charge >= 0.3 is 11.9 Å². The van der Waals surface area contributed by atoms with E-state index < -0.39 is 11.9 Å². The molecule has 6 nitrogen and oxygen atoms in total. The Bertz CT molecular complexity index is 622.